The van der Waals surface area contributed by atoms with Gasteiger partial charge in [0.15, 0.2) is 6.61 Å². The molecule has 2 rings (SSSR count). The Morgan fingerprint density at radius 1 is 1.27 bits per heavy atom. The van der Waals surface area contributed by atoms with Crippen LogP contribution in [-0.4, -0.2) is 18.7 Å². The molecule has 0 aliphatic heterocycles. The molecule has 0 bridgehead atoms. The molecule has 0 saturated carbocycles. The predicted octanol–water partition coefficient (Wildman–Crippen LogP) is 3.83. The summed E-state index contributed by atoms with van der Waals surface area (Å²) in [6.07, 6.45) is 2.29. The highest BCUT2D eigenvalue weighted by atomic mass is 79.9. The number of hydrazone groups is 1. The van der Waals surface area contributed by atoms with Crippen LogP contribution in [0.3, 0.4) is 0 Å². The van der Waals surface area contributed by atoms with Crippen LogP contribution in [0.5, 0.6) is 5.75 Å². The van der Waals surface area contributed by atoms with Crippen LogP contribution in [0.4, 0.5) is 0 Å². The Balaban J connectivity index is 1.74. The van der Waals surface area contributed by atoms with Gasteiger partial charge in [0, 0.05) is 17.1 Å². The van der Waals surface area contributed by atoms with Gasteiger partial charge in [-0.25, -0.2) is 5.43 Å². The third-order valence-corrected chi connectivity index (χ3v) is 3.49. The van der Waals surface area contributed by atoms with E-state index in [1.807, 2.05) is 30.3 Å². The second kappa shape index (κ2) is 8.56. The summed E-state index contributed by atoms with van der Waals surface area (Å²) in [5, 5.41) is 4.31. The molecular weight excluding hydrogens is 368 g/mol. The smallest absolute Gasteiger partial charge is 0.277 e. The van der Waals surface area contributed by atoms with Crippen LogP contribution < -0.4 is 10.2 Å². The summed E-state index contributed by atoms with van der Waals surface area (Å²) in [5.41, 5.74) is 3.53. The van der Waals surface area contributed by atoms with Crippen LogP contribution in [0.25, 0.3) is 0 Å². The third kappa shape index (κ3) is 5.50. The lowest BCUT2D eigenvalue weighted by Crippen LogP contribution is -2.24. The maximum absolute atomic E-state index is 11.6. The van der Waals surface area contributed by atoms with E-state index in [4.69, 9.17) is 16.3 Å². The minimum Gasteiger partial charge on any atom is -0.482 e. The third-order valence-electron chi connectivity index (χ3n) is 2.70. The van der Waals surface area contributed by atoms with E-state index in [9.17, 15) is 4.79 Å². The lowest BCUT2D eigenvalue weighted by atomic mass is 10.2. The van der Waals surface area contributed by atoms with Crippen molar-refractivity contribution in [3.8, 4) is 5.75 Å². The van der Waals surface area contributed by atoms with E-state index in [1.54, 1.807) is 24.4 Å². The average molecular weight is 382 g/mol. The Bertz CT molecular complexity index is 662. The van der Waals surface area contributed by atoms with E-state index in [2.05, 4.69) is 26.5 Å². The topological polar surface area (TPSA) is 50.7 Å². The summed E-state index contributed by atoms with van der Waals surface area (Å²) in [6.45, 7) is -0.149. The van der Waals surface area contributed by atoms with E-state index >= 15 is 0 Å². The summed E-state index contributed by atoms with van der Waals surface area (Å²) in [4.78, 5) is 11.6. The lowest BCUT2D eigenvalue weighted by Gasteiger charge is -2.07. The summed E-state index contributed by atoms with van der Waals surface area (Å²) in [7, 11) is 0. The predicted molar refractivity (Wildman–Crippen MR) is 91.4 cm³/mol. The van der Waals surface area contributed by atoms with E-state index in [-0.39, 0.29) is 12.5 Å². The highest BCUT2D eigenvalue weighted by molar-refractivity contribution is 9.10. The molecule has 0 fully saturated rings. The molecule has 1 amide bonds. The Labute approximate surface area is 142 Å². The first-order valence-corrected chi connectivity index (χ1v) is 7.74. The molecule has 0 spiro atoms. The number of rotatable bonds is 6. The van der Waals surface area contributed by atoms with Crippen LogP contribution in [0.2, 0.25) is 5.02 Å². The maximum Gasteiger partial charge on any atom is 0.277 e. The first-order chi connectivity index (χ1) is 10.6. The van der Waals surface area contributed by atoms with Crippen molar-refractivity contribution in [3.05, 3.63) is 63.6 Å². The van der Waals surface area contributed by atoms with E-state index in [1.165, 1.54) is 0 Å². The van der Waals surface area contributed by atoms with E-state index in [0.29, 0.717) is 17.2 Å². The largest absolute Gasteiger partial charge is 0.482 e. The SMILES string of the molecule is O=C(COc1ccc(Br)cc1Cl)NN=CCc1ccccc1. The normalized spacial score (nSPS) is 10.6. The fourth-order valence-corrected chi connectivity index (χ4v) is 2.38. The standard InChI is InChI=1S/C16H14BrClN2O2/c17-13-6-7-15(14(18)10-13)22-11-16(21)20-19-9-8-12-4-2-1-3-5-12/h1-7,9-10H,8,11H2,(H,20,21). The van der Waals surface area contributed by atoms with Gasteiger partial charge in [0.05, 0.1) is 5.02 Å². The van der Waals surface area contributed by atoms with Crippen molar-refractivity contribution in [2.45, 2.75) is 6.42 Å². The van der Waals surface area contributed by atoms with Gasteiger partial charge >= 0.3 is 0 Å². The number of carbonyl (C=O) groups is 1. The zero-order chi connectivity index (χ0) is 15.8. The van der Waals surface area contributed by atoms with Crippen molar-refractivity contribution >= 4 is 39.7 Å². The second-order valence-electron chi connectivity index (χ2n) is 4.40. The molecule has 1 N–H and O–H groups in total. The van der Waals surface area contributed by atoms with E-state index in [0.717, 1.165) is 10.0 Å². The number of hydrogen-bond donors (Lipinski definition) is 1. The zero-order valence-electron chi connectivity index (χ0n) is 11.6. The van der Waals surface area contributed by atoms with Crippen LogP contribution in [0.15, 0.2) is 58.1 Å². The van der Waals surface area contributed by atoms with Crippen LogP contribution in [0, 0.1) is 0 Å². The molecule has 0 aliphatic rings. The maximum atomic E-state index is 11.6. The quantitative estimate of drug-likeness (QED) is 0.611. The minimum atomic E-state index is -0.344. The number of hydrogen-bond acceptors (Lipinski definition) is 3. The Morgan fingerprint density at radius 3 is 2.77 bits per heavy atom. The first-order valence-electron chi connectivity index (χ1n) is 6.57. The molecule has 0 aromatic heterocycles. The number of ether oxygens (including phenoxy) is 1. The number of nitrogens with zero attached hydrogens (tertiary/aromatic N) is 1. The Kier molecular flexibility index (Phi) is 6.43. The molecule has 0 unspecified atom stereocenters. The van der Waals surface area contributed by atoms with Gasteiger partial charge < -0.3 is 4.74 Å². The van der Waals surface area contributed by atoms with Crippen molar-refractivity contribution in [1.82, 2.24) is 5.43 Å². The number of benzene rings is 2. The van der Waals surface area contributed by atoms with Crippen molar-refractivity contribution in [3.63, 3.8) is 0 Å². The summed E-state index contributed by atoms with van der Waals surface area (Å²) < 4.78 is 6.18. The van der Waals surface area contributed by atoms with Crippen molar-refractivity contribution in [2.24, 2.45) is 5.10 Å². The Hall–Kier alpha value is -1.85. The van der Waals surface area contributed by atoms with Crippen LogP contribution in [-0.2, 0) is 11.2 Å². The second-order valence-corrected chi connectivity index (χ2v) is 5.72. The fourth-order valence-electron chi connectivity index (χ4n) is 1.65. The van der Waals surface area contributed by atoms with Gasteiger partial charge in [0.25, 0.3) is 5.91 Å². The van der Waals surface area contributed by atoms with Crippen LogP contribution in [0.1, 0.15) is 5.56 Å². The number of amides is 1. The van der Waals surface area contributed by atoms with Gasteiger partial charge in [0.1, 0.15) is 5.75 Å². The van der Waals surface area contributed by atoms with Crippen LogP contribution >= 0.6 is 27.5 Å². The Morgan fingerprint density at radius 2 is 2.05 bits per heavy atom. The number of carbonyl (C=O) groups excluding carboxylic acids is 1. The first kappa shape index (κ1) is 16.5. The lowest BCUT2D eigenvalue weighted by molar-refractivity contribution is -0.123. The molecule has 0 atom stereocenters. The highest BCUT2D eigenvalue weighted by Crippen LogP contribution is 2.27. The van der Waals surface area contributed by atoms with Gasteiger partial charge in [0.2, 0.25) is 0 Å². The summed E-state index contributed by atoms with van der Waals surface area (Å²) >= 11 is 9.29. The number of nitrogens with one attached hydrogen (secondary N) is 1. The highest BCUT2D eigenvalue weighted by Gasteiger charge is 2.05. The summed E-state index contributed by atoms with van der Waals surface area (Å²) in [5.74, 6) is 0.108. The molecule has 6 heteroatoms. The zero-order valence-corrected chi connectivity index (χ0v) is 14.0. The molecule has 0 saturated heterocycles. The molecule has 0 heterocycles. The minimum absolute atomic E-state index is 0.149. The molecule has 0 radical (unpaired) electrons. The van der Waals surface area contributed by atoms with E-state index < -0.39 is 0 Å². The van der Waals surface area contributed by atoms with Gasteiger partial charge in [-0.15, -0.1) is 0 Å². The van der Waals surface area contributed by atoms with Gasteiger partial charge in [-0.3, -0.25) is 4.79 Å². The fraction of sp³-hybridized carbons (Fsp3) is 0.125. The molecular formula is C16H14BrClN2O2. The summed E-state index contributed by atoms with van der Waals surface area (Å²) in [6, 6.07) is 15.0. The average Bonchev–Trinajstić information content (AvgIpc) is 2.52. The molecule has 4 nitrogen and oxygen atoms in total. The molecule has 2 aromatic rings. The van der Waals surface area contributed by atoms with Gasteiger partial charge in [-0.05, 0) is 23.8 Å². The van der Waals surface area contributed by atoms with Crippen molar-refractivity contribution < 1.29 is 9.53 Å². The molecule has 22 heavy (non-hydrogen) atoms. The molecule has 114 valence electrons. The van der Waals surface area contributed by atoms with Crippen molar-refractivity contribution in [1.29, 1.82) is 0 Å². The number of halogens is 2. The van der Waals surface area contributed by atoms with Gasteiger partial charge in [-0.2, -0.15) is 5.10 Å². The van der Waals surface area contributed by atoms with Crippen molar-refractivity contribution in [2.75, 3.05) is 6.61 Å². The molecule has 0 aliphatic carbocycles. The molecule has 2 aromatic carbocycles. The monoisotopic (exact) mass is 380 g/mol. The van der Waals surface area contributed by atoms with Gasteiger partial charge in [-0.1, -0.05) is 57.9 Å².